The molecular formula is C16H24O5. The van der Waals surface area contributed by atoms with E-state index in [-0.39, 0.29) is 12.4 Å². The van der Waals surface area contributed by atoms with E-state index in [0.29, 0.717) is 19.3 Å². The zero-order valence-electron chi connectivity index (χ0n) is 12.5. The lowest BCUT2D eigenvalue weighted by atomic mass is 9.95. The summed E-state index contributed by atoms with van der Waals surface area (Å²) in [5.41, 5.74) is 0. The summed E-state index contributed by atoms with van der Waals surface area (Å²) in [4.78, 5) is 23.0. The molecule has 0 aromatic carbocycles. The number of hydrogen-bond acceptors (Lipinski definition) is 5. The minimum Gasteiger partial charge on any atom is -0.469 e. The zero-order valence-corrected chi connectivity index (χ0v) is 12.5. The Labute approximate surface area is 125 Å². The van der Waals surface area contributed by atoms with Gasteiger partial charge in [-0.15, -0.1) is 6.58 Å². The van der Waals surface area contributed by atoms with Gasteiger partial charge in [-0.2, -0.15) is 0 Å². The summed E-state index contributed by atoms with van der Waals surface area (Å²) in [5.74, 6) is -1.55. The summed E-state index contributed by atoms with van der Waals surface area (Å²) in [6.45, 7) is 10.5. The van der Waals surface area contributed by atoms with E-state index in [4.69, 9.17) is 4.74 Å². The summed E-state index contributed by atoms with van der Waals surface area (Å²) in [6, 6.07) is 0. The quantitative estimate of drug-likeness (QED) is 0.359. The Morgan fingerprint density at radius 3 is 2.24 bits per heavy atom. The maximum atomic E-state index is 12.0. The van der Waals surface area contributed by atoms with Crippen molar-refractivity contribution in [3.63, 3.8) is 0 Å². The van der Waals surface area contributed by atoms with E-state index < -0.39 is 24.1 Å². The second-order valence-electron chi connectivity index (χ2n) is 4.53. The largest absolute Gasteiger partial charge is 0.469 e. The number of hydrogen-bond donors (Lipinski definition) is 1. The predicted octanol–water partition coefficient (Wildman–Crippen LogP) is 2.17. The highest BCUT2D eigenvalue weighted by Crippen LogP contribution is 2.18. The van der Waals surface area contributed by atoms with Crippen LogP contribution in [0.15, 0.2) is 38.0 Å². The Bertz CT molecular complexity index is 367. The number of ether oxygens (including phenoxy) is 2. The second-order valence-corrected chi connectivity index (χ2v) is 4.53. The fourth-order valence-corrected chi connectivity index (χ4v) is 1.74. The molecule has 2 unspecified atom stereocenters. The van der Waals surface area contributed by atoms with E-state index >= 15 is 0 Å². The normalized spacial score (nSPS) is 13.1. The summed E-state index contributed by atoms with van der Waals surface area (Å²) in [7, 11) is 1.33. The average Bonchev–Trinajstić information content (AvgIpc) is 2.51. The molecule has 0 aromatic rings. The minimum atomic E-state index is -0.995. The Balaban J connectivity index is 4.47. The van der Waals surface area contributed by atoms with Crippen LogP contribution in [0.4, 0.5) is 0 Å². The van der Waals surface area contributed by atoms with Crippen molar-refractivity contribution in [2.45, 2.75) is 37.9 Å². The van der Waals surface area contributed by atoms with Gasteiger partial charge in [0.25, 0.3) is 0 Å². The Kier molecular flexibility index (Phi) is 9.88. The number of carbonyl (C=O) groups is 2. The van der Waals surface area contributed by atoms with E-state index in [1.54, 1.807) is 0 Å². The topological polar surface area (TPSA) is 72.8 Å². The molecule has 118 valence electrons. The highest BCUT2D eigenvalue weighted by atomic mass is 16.5. The van der Waals surface area contributed by atoms with Gasteiger partial charge in [-0.05, 0) is 25.0 Å². The van der Waals surface area contributed by atoms with Crippen molar-refractivity contribution >= 4 is 11.9 Å². The molecule has 0 aliphatic heterocycles. The molecule has 21 heavy (non-hydrogen) atoms. The molecule has 0 aliphatic carbocycles. The number of esters is 2. The molecular weight excluding hydrogens is 272 g/mol. The first-order valence-corrected chi connectivity index (χ1v) is 6.83. The van der Waals surface area contributed by atoms with Crippen molar-refractivity contribution in [1.82, 2.24) is 0 Å². The fraction of sp³-hybridized carbons (Fsp3) is 0.500. The Morgan fingerprint density at radius 1 is 1.14 bits per heavy atom. The SMILES string of the molecule is C=CC(C=C)OC(=O)C(CCCCC(=O)OC)C(O)C=C. The lowest BCUT2D eigenvalue weighted by Gasteiger charge is -2.20. The Hall–Kier alpha value is -1.88. The third-order valence-electron chi connectivity index (χ3n) is 3.05. The molecule has 0 aliphatic rings. The van der Waals surface area contributed by atoms with Gasteiger partial charge >= 0.3 is 11.9 Å². The van der Waals surface area contributed by atoms with E-state index in [1.165, 1.54) is 25.3 Å². The molecule has 5 nitrogen and oxygen atoms in total. The standard InChI is InChI=1S/C16H24O5/c1-5-12(6-2)21-16(19)13(14(17)7-3)10-8-9-11-15(18)20-4/h5-7,12-14,17H,1-3,8-11H2,4H3. The van der Waals surface area contributed by atoms with Crippen LogP contribution in [0.1, 0.15) is 25.7 Å². The first-order valence-electron chi connectivity index (χ1n) is 6.83. The van der Waals surface area contributed by atoms with Gasteiger partial charge in [-0.25, -0.2) is 0 Å². The van der Waals surface area contributed by atoms with Gasteiger partial charge in [0, 0.05) is 6.42 Å². The maximum absolute atomic E-state index is 12.0. The van der Waals surface area contributed by atoms with Crippen LogP contribution in [-0.4, -0.2) is 36.4 Å². The van der Waals surface area contributed by atoms with E-state index in [1.807, 2.05) is 0 Å². The molecule has 0 rings (SSSR count). The van der Waals surface area contributed by atoms with Gasteiger partial charge in [0.2, 0.25) is 0 Å². The van der Waals surface area contributed by atoms with Gasteiger partial charge in [-0.1, -0.05) is 25.7 Å². The van der Waals surface area contributed by atoms with Gasteiger partial charge in [0.05, 0.1) is 19.1 Å². The number of unbranched alkanes of at least 4 members (excludes halogenated alkanes) is 1. The van der Waals surface area contributed by atoms with Gasteiger partial charge in [0.1, 0.15) is 6.10 Å². The molecule has 0 spiro atoms. The molecule has 0 radical (unpaired) electrons. The van der Waals surface area contributed by atoms with Crippen molar-refractivity contribution in [3.05, 3.63) is 38.0 Å². The Morgan fingerprint density at radius 2 is 1.76 bits per heavy atom. The second kappa shape index (κ2) is 10.9. The van der Waals surface area contributed by atoms with Crippen LogP contribution in [0.25, 0.3) is 0 Å². The summed E-state index contributed by atoms with van der Waals surface area (Å²) < 4.78 is 9.70. The number of methoxy groups -OCH3 is 1. The molecule has 0 aromatic heterocycles. The summed E-state index contributed by atoms with van der Waals surface area (Å²) >= 11 is 0. The molecule has 0 saturated heterocycles. The number of aliphatic hydroxyl groups is 1. The number of rotatable bonds is 11. The van der Waals surface area contributed by atoms with Gasteiger partial charge < -0.3 is 14.6 Å². The summed E-state index contributed by atoms with van der Waals surface area (Å²) in [5, 5.41) is 9.84. The molecule has 0 bridgehead atoms. The van der Waals surface area contributed by atoms with E-state index in [0.717, 1.165) is 0 Å². The number of aliphatic hydroxyl groups excluding tert-OH is 1. The highest BCUT2D eigenvalue weighted by Gasteiger charge is 2.27. The van der Waals surface area contributed by atoms with Crippen LogP contribution >= 0.6 is 0 Å². The van der Waals surface area contributed by atoms with Crippen molar-refractivity contribution in [1.29, 1.82) is 0 Å². The van der Waals surface area contributed by atoms with Crippen LogP contribution in [0.3, 0.4) is 0 Å². The third kappa shape index (κ3) is 7.46. The van der Waals surface area contributed by atoms with Gasteiger partial charge in [-0.3, -0.25) is 9.59 Å². The fourth-order valence-electron chi connectivity index (χ4n) is 1.74. The zero-order chi connectivity index (χ0) is 16.3. The van der Waals surface area contributed by atoms with Crippen LogP contribution in [0.2, 0.25) is 0 Å². The molecule has 0 amide bonds. The summed E-state index contributed by atoms with van der Waals surface area (Å²) in [6.07, 6.45) is 4.44. The van der Waals surface area contributed by atoms with Crippen LogP contribution in [0, 0.1) is 5.92 Å². The highest BCUT2D eigenvalue weighted by molar-refractivity contribution is 5.74. The minimum absolute atomic E-state index is 0.282. The molecule has 0 saturated carbocycles. The van der Waals surface area contributed by atoms with E-state index in [9.17, 15) is 14.7 Å². The van der Waals surface area contributed by atoms with Crippen molar-refractivity contribution in [2.75, 3.05) is 7.11 Å². The average molecular weight is 296 g/mol. The third-order valence-corrected chi connectivity index (χ3v) is 3.05. The van der Waals surface area contributed by atoms with Crippen molar-refractivity contribution < 1.29 is 24.2 Å². The lowest BCUT2D eigenvalue weighted by Crippen LogP contribution is -2.30. The molecule has 0 fully saturated rings. The van der Waals surface area contributed by atoms with Gasteiger partial charge in [0.15, 0.2) is 0 Å². The smallest absolute Gasteiger partial charge is 0.312 e. The van der Waals surface area contributed by atoms with Crippen LogP contribution in [0.5, 0.6) is 0 Å². The first-order chi connectivity index (χ1) is 9.99. The lowest BCUT2D eigenvalue weighted by molar-refractivity contribution is -0.153. The van der Waals surface area contributed by atoms with Crippen molar-refractivity contribution in [2.24, 2.45) is 5.92 Å². The first kappa shape index (κ1) is 19.1. The number of carbonyl (C=O) groups excluding carboxylic acids is 2. The molecule has 5 heteroatoms. The van der Waals surface area contributed by atoms with Crippen molar-refractivity contribution in [3.8, 4) is 0 Å². The molecule has 2 atom stereocenters. The van der Waals surface area contributed by atoms with E-state index in [2.05, 4.69) is 24.5 Å². The predicted molar refractivity (Wildman–Crippen MR) is 80.5 cm³/mol. The maximum Gasteiger partial charge on any atom is 0.312 e. The monoisotopic (exact) mass is 296 g/mol. The van der Waals surface area contributed by atoms with Crippen LogP contribution in [-0.2, 0) is 19.1 Å². The molecule has 0 heterocycles. The molecule has 1 N–H and O–H groups in total. The van der Waals surface area contributed by atoms with Crippen LogP contribution < -0.4 is 0 Å².